The molecular formula is C9H17N. The van der Waals surface area contributed by atoms with Gasteiger partial charge in [0.05, 0.1) is 0 Å². The number of hydrogen-bond donors (Lipinski definition) is 1. The van der Waals surface area contributed by atoms with E-state index >= 15 is 0 Å². The van der Waals surface area contributed by atoms with Gasteiger partial charge in [-0.25, -0.2) is 0 Å². The Hall–Kier alpha value is -0.720. The molecule has 0 heterocycles. The molecule has 0 radical (unpaired) electrons. The predicted octanol–water partition coefficient (Wildman–Crippen LogP) is 2.47. The molecule has 1 N–H and O–H groups in total. The zero-order chi connectivity index (χ0) is 7.98. The van der Waals surface area contributed by atoms with Crippen molar-refractivity contribution in [3.63, 3.8) is 0 Å². The van der Waals surface area contributed by atoms with Crippen LogP contribution in [0.5, 0.6) is 0 Å². The van der Waals surface area contributed by atoms with Crippen LogP contribution in [0.1, 0.15) is 27.2 Å². The molecule has 0 amide bonds. The first-order valence-corrected chi connectivity index (χ1v) is 3.72. The summed E-state index contributed by atoms with van der Waals surface area (Å²) < 4.78 is 0. The zero-order valence-electron chi connectivity index (χ0n) is 7.36. The second-order valence-corrected chi connectivity index (χ2v) is 2.47. The van der Waals surface area contributed by atoms with Crippen LogP contribution in [0.25, 0.3) is 0 Å². The van der Waals surface area contributed by atoms with Crippen LogP contribution in [-0.4, -0.2) is 7.05 Å². The number of rotatable bonds is 3. The van der Waals surface area contributed by atoms with Gasteiger partial charge in [0.15, 0.2) is 0 Å². The van der Waals surface area contributed by atoms with Crippen molar-refractivity contribution < 1.29 is 0 Å². The minimum absolute atomic E-state index is 1.13. The molecule has 0 aromatic rings. The molecule has 0 aliphatic carbocycles. The van der Waals surface area contributed by atoms with E-state index in [0.717, 1.165) is 6.42 Å². The molecule has 0 fully saturated rings. The van der Waals surface area contributed by atoms with Gasteiger partial charge in [0.25, 0.3) is 0 Å². The lowest BCUT2D eigenvalue weighted by Gasteiger charge is -1.95. The maximum atomic E-state index is 3.06. The normalized spacial score (nSPS) is 13.6. The van der Waals surface area contributed by atoms with E-state index in [4.69, 9.17) is 0 Å². The lowest BCUT2D eigenvalue weighted by Crippen LogP contribution is -2.00. The molecule has 0 atom stereocenters. The first kappa shape index (κ1) is 9.28. The van der Waals surface area contributed by atoms with Gasteiger partial charge in [-0.05, 0) is 26.3 Å². The Kier molecular flexibility index (Phi) is 4.73. The van der Waals surface area contributed by atoms with E-state index in [9.17, 15) is 0 Å². The molecule has 0 aromatic carbocycles. The average molecular weight is 139 g/mol. The van der Waals surface area contributed by atoms with E-state index in [1.54, 1.807) is 0 Å². The highest BCUT2D eigenvalue weighted by Crippen LogP contribution is 1.98. The first-order chi connectivity index (χ1) is 4.70. The van der Waals surface area contributed by atoms with E-state index < -0.39 is 0 Å². The number of nitrogens with one attached hydrogen (secondary N) is 1. The third-order valence-electron chi connectivity index (χ3n) is 1.57. The van der Waals surface area contributed by atoms with Gasteiger partial charge in [0, 0.05) is 12.7 Å². The van der Waals surface area contributed by atoms with Gasteiger partial charge in [-0.1, -0.05) is 18.6 Å². The van der Waals surface area contributed by atoms with Gasteiger partial charge in [-0.2, -0.15) is 0 Å². The van der Waals surface area contributed by atoms with Crippen molar-refractivity contribution in [2.45, 2.75) is 27.2 Å². The van der Waals surface area contributed by atoms with Gasteiger partial charge >= 0.3 is 0 Å². The number of hydrogen-bond acceptors (Lipinski definition) is 1. The van der Waals surface area contributed by atoms with Gasteiger partial charge in [-0.3, -0.25) is 0 Å². The quantitative estimate of drug-likeness (QED) is 0.592. The summed E-state index contributed by atoms with van der Waals surface area (Å²) in [6.07, 6.45) is 5.37. The van der Waals surface area contributed by atoms with Crippen molar-refractivity contribution in [1.82, 2.24) is 5.32 Å². The fourth-order valence-electron chi connectivity index (χ4n) is 0.468. The second kappa shape index (κ2) is 5.10. The summed E-state index contributed by atoms with van der Waals surface area (Å²) >= 11 is 0. The molecule has 0 saturated carbocycles. The zero-order valence-corrected chi connectivity index (χ0v) is 7.36. The second-order valence-electron chi connectivity index (χ2n) is 2.47. The van der Waals surface area contributed by atoms with Crippen molar-refractivity contribution in [2.75, 3.05) is 7.05 Å². The van der Waals surface area contributed by atoms with Crippen molar-refractivity contribution in [1.29, 1.82) is 0 Å². The lowest BCUT2D eigenvalue weighted by molar-refractivity contribution is 0.988. The van der Waals surface area contributed by atoms with E-state index in [1.165, 1.54) is 11.3 Å². The molecule has 1 heteroatoms. The monoisotopic (exact) mass is 139 g/mol. The highest BCUT2D eigenvalue weighted by molar-refractivity contribution is 5.13. The molecular weight excluding hydrogens is 122 g/mol. The summed E-state index contributed by atoms with van der Waals surface area (Å²) in [4.78, 5) is 0. The van der Waals surface area contributed by atoms with Crippen LogP contribution in [0.4, 0.5) is 0 Å². The maximum absolute atomic E-state index is 3.06. The van der Waals surface area contributed by atoms with Crippen LogP contribution in [-0.2, 0) is 0 Å². The Bertz CT molecular complexity index is 125. The molecule has 0 spiro atoms. The molecule has 0 aliphatic rings. The van der Waals surface area contributed by atoms with Gasteiger partial charge in [0.1, 0.15) is 0 Å². The van der Waals surface area contributed by atoms with Gasteiger partial charge in [-0.15, -0.1) is 0 Å². The molecule has 58 valence electrons. The van der Waals surface area contributed by atoms with Crippen LogP contribution >= 0.6 is 0 Å². The summed E-state index contributed by atoms with van der Waals surface area (Å²) in [7, 11) is 1.93. The van der Waals surface area contributed by atoms with Gasteiger partial charge in [0.2, 0.25) is 0 Å². The summed E-state index contributed by atoms with van der Waals surface area (Å²) in [5.74, 6) is 0. The largest absolute Gasteiger partial charge is 0.392 e. The van der Waals surface area contributed by atoms with E-state index in [0.29, 0.717) is 0 Å². The van der Waals surface area contributed by atoms with E-state index in [2.05, 4.69) is 38.2 Å². The van der Waals surface area contributed by atoms with Crippen molar-refractivity contribution >= 4 is 0 Å². The minimum Gasteiger partial charge on any atom is -0.392 e. The molecule has 0 saturated heterocycles. The van der Waals surface area contributed by atoms with Crippen LogP contribution in [0, 0.1) is 0 Å². The number of allylic oxidation sites excluding steroid dienone is 4. The summed E-state index contributed by atoms with van der Waals surface area (Å²) in [6, 6.07) is 0. The topological polar surface area (TPSA) is 12.0 Å². The lowest BCUT2D eigenvalue weighted by atomic mass is 10.2. The molecule has 0 aromatic heterocycles. The van der Waals surface area contributed by atoms with E-state index in [1.807, 2.05) is 7.05 Å². The fraction of sp³-hybridized carbons (Fsp3) is 0.556. The fourth-order valence-corrected chi connectivity index (χ4v) is 0.468. The Morgan fingerprint density at radius 3 is 2.30 bits per heavy atom. The summed E-state index contributed by atoms with van der Waals surface area (Å²) in [5, 5.41) is 3.06. The Morgan fingerprint density at radius 1 is 1.30 bits per heavy atom. The summed E-state index contributed by atoms with van der Waals surface area (Å²) in [6.45, 7) is 6.35. The highest BCUT2D eigenvalue weighted by Gasteiger charge is 1.80. The van der Waals surface area contributed by atoms with Crippen LogP contribution in [0.15, 0.2) is 23.4 Å². The molecule has 0 aliphatic heterocycles. The third kappa shape index (κ3) is 4.19. The molecule has 10 heavy (non-hydrogen) atoms. The Morgan fingerprint density at radius 2 is 1.90 bits per heavy atom. The van der Waals surface area contributed by atoms with Crippen molar-refractivity contribution in [3.8, 4) is 0 Å². The van der Waals surface area contributed by atoms with Crippen LogP contribution in [0.3, 0.4) is 0 Å². The van der Waals surface area contributed by atoms with Crippen molar-refractivity contribution in [2.24, 2.45) is 0 Å². The first-order valence-electron chi connectivity index (χ1n) is 3.72. The maximum Gasteiger partial charge on any atom is 0.00724 e. The van der Waals surface area contributed by atoms with Crippen molar-refractivity contribution in [3.05, 3.63) is 23.4 Å². The Labute approximate surface area is 63.8 Å². The van der Waals surface area contributed by atoms with Crippen LogP contribution < -0.4 is 5.32 Å². The molecule has 1 nitrogen and oxygen atoms in total. The molecule has 0 rings (SSSR count). The molecule has 0 unspecified atom stereocenters. The SMILES string of the molecule is CC/C(C)=C\C=C(/C)NC. The predicted molar refractivity (Wildman–Crippen MR) is 46.9 cm³/mol. The highest BCUT2D eigenvalue weighted by atomic mass is 14.8. The smallest absolute Gasteiger partial charge is 0.00724 e. The summed E-state index contributed by atoms with van der Waals surface area (Å²) in [5.41, 5.74) is 2.61. The standard InChI is InChI=1S/C9H17N/c1-5-8(2)6-7-9(3)10-4/h6-7,10H,5H2,1-4H3/b8-6-,9-7+. The average Bonchev–Trinajstić information content (AvgIpc) is 1.99. The third-order valence-corrected chi connectivity index (χ3v) is 1.57. The van der Waals surface area contributed by atoms with E-state index in [-0.39, 0.29) is 0 Å². The molecule has 0 bridgehead atoms. The minimum atomic E-state index is 1.13. The van der Waals surface area contributed by atoms with Crippen LogP contribution in [0.2, 0.25) is 0 Å². The van der Waals surface area contributed by atoms with Gasteiger partial charge < -0.3 is 5.32 Å². The Balaban J connectivity index is 3.91.